The normalized spacial score (nSPS) is 16.8. The van der Waals surface area contributed by atoms with E-state index >= 15 is 0 Å². The molecule has 0 unspecified atom stereocenters. The molecule has 102 valence electrons. The van der Waals surface area contributed by atoms with Crippen molar-refractivity contribution in [2.75, 3.05) is 0 Å². The summed E-state index contributed by atoms with van der Waals surface area (Å²) in [6, 6.07) is 1.65. The highest BCUT2D eigenvalue weighted by atomic mass is 32.2. The molecule has 0 aromatic carbocycles. The van der Waals surface area contributed by atoms with Gasteiger partial charge in [0.25, 0.3) is 10.0 Å². The van der Waals surface area contributed by atoms with Crippen molar-refractivity contribution in [1.82, 2.24) is 14.5 Å². The standard InChI is InChI=1S/C12H21N3O2S/c1-8(2)14-18(16,17)12-7-11(10-5-6-10)13-15(12)9(3)4/h7-10,14H,5-6H2,1-4H3. The quantitative estimate of drug-likeness (QED) is 0.891. The first kappa shape index (κ1) is 13.5. The molecular formula is C12H21N3O2S. The summed E-state index contributed by atoms with van der Waals surface area (Å²) in [5.41, 5.74) is 0.910. The first-order valence-corrected chi connectivity index (χ1v) is 7.91. The van der Waals surface area contributed by atoms with Crippen LogP contribution in [0.25, 0.3) is 0 Å². The van der Waals surface area contributed by atoms with Crippen LogP contribution >= 0.6 is 0 Å². The summed E-state index contributed by atoms with van der Waals surface area (Å²) in [7, 11) is -3.47. The minimum Gasteiger partial charge on any atom is -0.250 e. The van der Waals surface area contributed by atoms with Crippen LogP contribution in [0.15, 0.2) is 11.1 Å². The highest BCUT2D eigenvalue weighted by Crippen LogP contribution is 2.40. The Hall–Kier alpha value is -0.880. The van der Waals surface area contributed by atoms with Crippen molar-refractivity contribution in [2.24, 2.45) is 0 Å². The van der Waals surface area contributed by atoms with Gasteiger partial charge in [0.1, 0.15) is 0 Å². The number of aromatic nitrogens is 2. The van der Waals surface area contributed by atoms with E-state index in [1.54, 1.807) is 10.7 Å². The third-order valence-corrected chi connectivity index (χ3v) is 4.51. The Morgan fingerprint density at radius 2 is 1.94 bits per heavy atom. The summed E-state index contributed by atoms with van der Waals surface area (Å²) in [6.07, 6.45) is 2.23. The third-order valence-electron chi connectivity index (χ3n) is 2.87. The van der Waals surface area contributed by atoms with E-state index in [1.807, 2.05) is 27.7 Å². The molecule has 1 saturated carbocycles. The molecule has 1 aliphatic carbocycles. The molecule has 2 rings (SSSR count). The summed E-state index contributed by atoms with van der Waals surface area (Å²) in [5, 5.41) is 4.73. The number of rotatable bonds is 5. The molecule has 5 nitrogen and oxygen atoms in total. The van der Waals surface area contributed by atoms with Gasteiger partial charge in [-0.15, -0.1) is 0 Å². The average molecular weight is 271 g/mol. The highest BCUT2D eigenvalue weighted by Gasteiger charge is 2.31. The monoisotopic (exact) mass is 271 g/mol. The van der Waals surface area contributed by atoms with Gasteiger partial charge in [0.15, 0.2) is 5.03 Å². The SMILES string of the molecule is CC(C)NS(=O)(=O)c1cc(C2CC2)nn1C(C)C. The van der Waals surface area contributed by atoms with E-state index in [9.17, 15) is 8.42 Å². The fraction of sp³-hybridized carbons (Fsp3) is 0.750. The number of hydrogen-bond donors (Lipinski definition) is 1. The lowest BCUT2D eigenvalue weighted by Gasteiger charge is -2.13. The van der Waals surface area contributed by atoms with Crippen LogP contribution in [0, 0.1) is 0 Å². The van der Waals surface area contributed by atoms with Crippen LogP contribution in [-0.4, -0.2) is 24.2 Å². The Kier molecular flexibility index (Phi) is 3.51. The van der Waals surface area contributed by atoms with Gasteiger partial charge in [-0.25, -0.2) is 13.1 Å². The molecule has 1 N–H and O–H groups in total. The summed E-state index contributed by atoms with van der Waals surface area (Å²) in [4.78, 5) is 0. The Balaban J connectivity index is 2.41. The van der Waals surface area contributed by atoms with Crippen molar-refractivity contribution in [2.45, 2.75) is 63.6 Å². The molecule has 1 aromatic rings. The van der Waals surface area contributed by atoms with Crippen molar-refractivity contribution in [3.63, 3.8) is 0 Å². The van der Waals surface area contributed by atoms with E-state index in [4.69, 9.17) is 0 Å². The van der Waals surface area contributed by atoms with Crippen molar-refractivity contribution >= 4 is 10.0 Å². The Morgan fingerprint density at radius 3 is 2.39 bits per heavy atom. The zero-order valence-corrected chi connectivity index (χ0v) is 12.2. The first-order chi connectivity index (χ1) is 8.31. The van der Waals surface area contributed by atoms with Gasteiger partial charge < -0.3 is 0 Å². The van der Waals surface area contributed by atoms with E-state index in [-0.39, 0.29) is 17.1 Å². The number of nitrogens with zero attached hydrogens (tertiary/aromatic N) is 2. The molecule has 18 heavy (non-hydrogen) atoms. The van der Waals surface area contributed by atoms with Gasteiger partial charge in [-0.05, 0) is 40.5 Å². The second-order valence-corrected chi connectivity index (χ2v) is 7.16. The molecule has 0 saturated heterocycles. The van der Waals surface area contributed by atoms with Gasteiger partial charge in [-0.2, -0.15) is 5.10 Å². The predicted octanol–water partition coefficient (Wildman–Crippen LogP) is 2.03. The van der Waals surface area contributed by atoms with Crippen LogP contribution < -0.4 is 4.72 Å². The van der Waals surface area contributed by atoms with Crippen LogP contribution in [0.1, 0.15) is 58.2 Å². The van der Waals surface area contributed by atoms with Crippen LogP contribution in [0.3, 0.4) is 0 Å². The van der Waals surface area contributed by atoms with E-state index in [1.165, 1.54) is 0 Å². The Labute approximate surface area is 109 Å². The molecule has 0 amide bonds. The summed E-state index contributed by atoms with van der Waals surface area (Å²) < 4.78 is 28.7. The second kappa shape index (κ2) is 4.66. The van der Waals surface area contributed by atoms with Crippen LogP contribution in [0.2, 0.25) is 0 Å². The number of nitrogens with one attached hydrogen (secondary N) is 1. The topological polar surface area (TPSA) is 64.0 Å². The minimum absolute atomic E-state index is 0.0382. The van der Waals surface area contributed by atoms with Gasteiger partial charge in [0.05, 0.1) is 5.69 Å². The van der Waals surface area contributed by atoms with E-state index < -0.39 is 10.0 Å². The third kappa shape index (κ3) is 2.75. The average Bonchev–Trinajstić information content (AvgIpc) is 2.94. The maximum atomic E-state index is 12.3. The Morgan fingerprint density at radius 1 is 1.33 bits per heavy atom. The molecule has 0 bridgehead atoms. The molecule has 1 aliphatic rings. The van der Waals surface area contributed by atoms with Gasteiger partial charge in [-0.1, -0.05) is 0 Å². The van der Waals surface area contributed by atoms with Crippen molar-refractivity contribution in [3.05, 3.63) is 11.8 Å². The highest BCUT2D eigenvalue weighted by molar-refractivity contribution is 7.89. The summed E-state index contributed by atoms with van der Waals surface area (Å²) in [5.74, 6) is 0.456. The first-order valence-electron chi connectivity index (χ1n) is 6.43. The van der Waals surface area contributed by atoms with Crippen LogP contribution in [0.4, 0.5) is 0 Å². The molecule has 0 aliphatic heterocycles. The van der Waals surface area contributed by atoms with Gasteiger partial charge >= 0.3 is 0 Å². The number of hydrogen-bond acceptors (Lipinski definition) is 3. The molecule has 1 aromatic heterocycles. The predicted molar refractivity (Wildman–Crippen MR) is 70.0 cm³/mol. The number of sulfonamides is 1. The maximum absolute atomic E-state index is 12.3. The minimum atomic E-state index is -3.47. The lowest BCUT2D eigenvalue weighted by atomic mass is 10.3. The second-order valence-electron chi connectivity index (χ2n) is 5.50. The van der Waals surface area contributed by atoms with Crippen molar-refractivity contribution < 1.29 is 8.42 Å². The van der Waals surface area contributed by atoms with Gasteiger partial charge in [0, 0.05) is 24.1 Å². The van der Waals surface area contributed by atoms with Crippen LogP contribution in [0.5, 0.6) is 0 Å². The summed E-state index contributed by atoms with van der Waals surface area (Å²) in [6.45, 7) is 7.51. The zero-order chi connectivity index (χ0) is 13.5. The molecule has 6 heteroatoms. The van der Waals surface area contributed by atoms with Gasteiger partial charge in [0.2, 0.25) is 0 Å². The largest absolute Gasteiger partial charge is 0.257 e. The molecule has 0 radical (unpaired) electrons. The van der Waals surface area contributed by atoms with E-state index in [2.05, 4.69) is 9.82 Å². The summed E-state index contributed by atoms with van der Waals surface area (Å²) >= 11 is 0. The lowest BCUT2D eigenvalue weighted by Crippen LogP contribution is -2.32. The van der Waals surface area contributed by atoms with Crippen molar-refractivity contribution in [1.29, 1.82) is 0 Å². The van der Waals surface area contributed by atoms with Gasteiger partial charge in [-0.3, -0.25) is 4.68 Å². The molecule has 0 spiro atoms. The molecule has 1 heterocycles. The fourth-order valence-corrected chi connectivity index (χ4v) is 3.43. The fourth-order valence-electron chi connectivity index (χ4n) is 1.92. The molecule has 0 atom stereocenters. The van der Waals surface area contributed by atoms with E-state index in [0.29, 0.717) is 5.92 Å². The van der Waals surface area contributed by atoms with Crippen LogP contribution in [-0.2, 0) is 10.0 Å². The Bertz CT molecular complexity index is 528. The smallest absolute Gasteiger partial charge is 0.250 e. The van der Waals surface area contributed by atoms with E-state index in [0.717, 1.165) is 18.5 Å². The zero-order valence-electron chi connectivity index (χ0n) is 11.3. The lowest BCUT2D eigenvalue weighted by molar-refractivity contribution is 0.470. The molecular weight excluding hydrogens is 250 g/mol. The maximum Gasteiger partial charge on any atom is 0.257 e. The van der Waals surface area contributed by atoms with Crippen molar-refractivity contribution in [3.8, 4) is 0 Å². The molecule has 1 fully saturated rings.